The van der Waals surface area contributed by atoms with Gasteiger partial charge in [-0.25, -0.2) is 9.31 Å². The molecule has 0 spiro atoms. The summed E-state index contributed by atoms with van der Waals surface area (Å²) in [5.74, 6) is 0.526. The molecule has 3 rings (SSSR count). The highest BCUT2D eigenvalue weighted by molar-refractivity contribution is 5.99. The minimum atomic E-state index is -0.315. The molecular formula is C13H14N2O3. The zero-order valence-electron chi connectivity index (χ0n) is 10.4. The number of hydrogen-bond acceptors (Lipinski definition) is 4. The summed E-state index contributed by atoms with van der Waals surface area (Å²) in [5.41, 5.74) is 3.11. The molecule has 2 aromatic heterocycles. The lowest BCUT2D eigenvalue weighted by Gasteiger charge is -2.04. The lowest BCUT2D eigenvalue weighted by molar-refractivity contribution is 0.0528. The number of esters is 1. The van der Waals surface area contributed by atoms with Gasteiger partial charge in [-0.1, -0.05) is 0 Å². The first-order chi connectivity index (χ1) is 8.72. The Morgan fingerprint density at radius 1 is 1.61 bits per heavy atom. The first kappa shape index (κ1) is 11.1. The van der Waals surface area contributed by atoms with Crippen molar-refractivity contribution in [2.24, 2.45) is 0 Å². The molecule has 5 heteroatoms. The quantitative estimate of drug-likeness (QED) is 0.757. The SMILES string of the molecule is CCOC(=O)c1c(C)nn2ccc3c(c12)CCO3. The molecule has 0 bridgehead atoms. The molecule has 1 aliphatic heterocycles. The molecule has 3 heterocycles. The van der Waals surface area contributed by atoms with Gasteiger partial charge in [-0.2, -0.15) is 5.10 Å². The summed E-state index contributed by atoms with van der Waals surface area (Å²) in [6, 6.07) is 1.89. The van der Waals surface area contributed by atoms with Crippen molar-refractivity contribution in [2.75, 3.05) is 13.2 Å². The Kier molecular flexibility index (Phi) is 2.47. The van der Waals surface area contributed by atoms with Gasteiger partial charge in [0, 0.05) is 18.2 Å². The number of rotatable bonds is 2. The molecule has 0 N–H and O–H groups in total. The average Bonchev–Trinajstić information content (AvgIpc) is 2.90. The number of pyridine rings is 1. The number of hydrogen-bond donors (Lipinski definition) is 0. The van der Waals surface area contributed by atoms with Gasteiger partial charge in [-0.3, -0.25) is 0 Å². The average molecular weight is 246 g/mol. The molecule has 0 aliphatic carbocycles. The number of nitrogens with zero attached hydrogens (tertiary/aromatic N) is 2. The van der Waals surface area contributed by atoms with Gasteiger partial charge in [-0.05, 0) is 19.9 Å². The molecular weight excluding hydrogens is 232 g/mol. The van der Waals surface area contributed by atoms with E-state index < -0.39 is 0 Å². The van der Waals surface area contributed by atoms with E-state index in [0.717, 1.165) is 23.3 Å². The summed E-state index contributed by atoms with van der Waals surface area (Å²) in [6.07, 6.45) is 2.62. The predicted molar refractivity (Wildman–Crippen MR) is 65.1 cm³/mol. The number of ether oxygens (including phenoxy) is 2. The van der Waals surface area contributed by atoms with Crippen LogP contribution in [-0.2, 0) is 11.2 Å². The third-order valence-electron chi connectivity index (χ3n) is 3.13. The van der Waals surface area contributed by atoms with Gasteiger partial charge in [-0.15, -0.1) is 0 Å². The minimum absolute atomic E-state index is 0.315. The van der Waals surface area contributed by atoms with Crippen LogP contribution in [0.4, 0.5) is 0 Å². The van der Waals surface area contributed by atoms with Crippen molar-refractivity contribution >= 4 is 11.5 Å². The van der Waals surface area contributed by atoms with Crippen molar-refractivity contribution in [1.29, 1.82) is 0 Å². The Bertz CT molecular complexity index is 631. The van der Waals surface area contributed by atoms with Gasteiger partial charge in [0.15, 0.2) is 0 Å². The molecule has 2 aromatic rings. The van der Waals surface area contributed by atoms with Crippen LogP contribution in [0.1, 0.15) is 28.5 Å². The van der Waals surface area contributed by atoms with Crippen LogP contribution in [0, 0.1) is 6.92 Å². The zero-order chi connectivity index (χ0) is 12.7. The molecule has 0 saturated heterocycles. The second-order valence-electron chi connectivity index (χ2n) is 4.23. The summed E-state index contributed by atoms with van der Waals surface area (Å²) < 4.78 is 12.4. The van der Waals surface area contributed by atoms with Crippen molar-refractivity contribution in [1.82, 2.24) is 9.61 Å². The monoisotopic (exact) mass is 246 g/mol. The number of carbonyl (C=O) groups excluding carboxylic acids is 1. The second-order valence-corrected chi connectivity index (χ2v) is 4.23. The van der Waals surface area contributed by atoms with Crippen LogP contribution in [0.3, 0.4) is 0 Å². The Hall–Kier alpha value is -2.04. The van der Waals surface area contributed by atoms with E-state index in [1.807, 2.05) is 19.2 Å². The molecule has 0 amide bonds. The molecule has 94 valence electrons. The van der Waals surface area contributed by atoms with Crippen LogP contribution in [0.15, 0.2) is 12.3 Å². The molecule has 0 fully saturated rings. The molecule has 5 nitrogen and oxygen atoms in total. The molecule has 0 atom stereocenters. The summed E-state index contributed by atoms with van der Waals surface area (Å²) in [6.45, 7) is 4.64. The van der Waals surface area contributed by atoms with Gasteiger partial charge in [0.25, 0.3) is 0 Å². The number of carbonyl (C=O) groups is 1. The van der Waals surface area contributed by atoms with Crippen molar-refractivity contribution in [2.45, 2.75) is 20.3 Å². The van der Waals surface area contributed by atoms with E-state index in [0.29, 0.717) is 24.5 Å². The largest absolute Gasteiger partial charge is 0.493 e. The highest BCUT2D eigenvalue weighted by Gasteiger charge is 2.25. The highest BCUT2D eigenvalue weighted by Crippen LogP contribution is 2.32. The van der Waals surface area contributed by atoms with Crippen molar-refractivity contribution in [3.8, 4) is 5.75 Å². The topological polar surface area (TPSA) is 52.8 Å². The van der Waals surface area contributed by atoms with Crippen LogP contribution in [-0.4, -0.2) is 28.8 Å². The number of aryl methyl sites for hydroxylation is 1. The predicted octanol–water partition coefficient (Wildman–Crippen LogP) is 1.75. The fraction of sp³-hybridized carbons (Fsp3) is 0.385. The van der Waals surface area contributed by atoms with Gasteiger partial charge < -0.3 is 9.47 Å². The maximum absolute atomic E-state index is 12.0. The summed E-state index contributed by atoms with van der Waals surface area (Å²) in [4.78, 5) is 12.0. The molecule has 1 aliphatic rings. The third kappa shape index (κ3) is 1.47. The maximum Gasteiger partial charge on any atom is 0.342 e. The van der Waals surface area contributed by atoms with E-state index in [2.05, 4.69) is 5.10 Å². The fourth-order valence-electron chi connectivity index (χ4n) is 2.39. The molecule has 0 saturated carbocycles. The normalized spacial score (nSPS) is 13.4. The third-order valence-corrected chi connectivity index (χ3v) is 3.13. The van der Waals surface area contributed by atoms with Gasteiger partial charge in [0.2, 0.25) is 0 Å². The van der Waals surface area contributed by atoms with Crippen LogP contribution in [0.2, 0.25) is 0 Å². The first-order valence-electron chi connectivity index (χ1n) is 6.03. The van der Waals surface area contributed by atoms with Crippen LogP contribution in [0.5, 0.6) is 5.75 Å². The summed E-state index contributed by atoms with van der Waals surface area (Å²) in [7, 11) is 0. The first-order valence-corrected chi connectivity index (χ1v) is 6.03. The highest BCUT2D eigenvalue weighted by atomic mass is 16.5. The van der Waals surface area contributed by atoms with E-state index >= 15 is 0 Å². The summed E-state index contributed by atoms with van der Waals surface area (Å²) in [5, 5.41) is 4.35. The standard InChI is InChI=1S/C13H14N2O3/c1-3-17-13(16)11-8(2)14-15-6-4-10-9(12(11)15)5-7-18-10/h4,6H,3,5,7H2,1-2H3. The van der Waals surface area contributed by atoms with Crippen LogP contribution >= 0.6 is 0 Å². The van der Waals surface area contributed by atoms with E-state index in [1.54, 1.807) is 11.4 Å². The minimum Gasteiger partial charge on any atom is -0.493 e. The van der Waals surface area contributed by atoms with E-state index in [-0.39, 0.29) is 5.97 Å². The Balaban J connectivity index is 2.27. The number of fused-ring (bicyclic) bond motifs is 3. The van der Waals surface area contributed by atoms with Crippen LogP contribution in [0.25, 0.3) is 5.52 Å². The Morgan fingerprint density at radius 3 is 3.22 bits per heavy atom. The van der Waals surface area contributed by atoms with Crippen molar-refractivity contribution in [3.63, 3.8) is 0 Å². The lowest BCUT2D eigenvalue weighted by Crippen LogP contribution is -2.06. The Labute approximate surface area is 104 Å². The fourth-order valence-corrected chi connectivity index (χ4v) is 2.39. The van der Waals surface area contributed by atoms with Crippen LogP contribution < -0.4 is 4.74 Å². The van der Waals surface area contributed by atoms with Gasteiger partial charge in [0.1, 0.15) is 11.3 Å². The molecule has 18 heavy (non-hydrogen) atoms. The van der Waals surface area contributed by atoms with Gasteiger partial charge >= 0.3 is 5.97 Å². The van der Waals surface area contributed by atoms with E-state index in [9.17, 15) is 4.79 Å². The second kappa shape index (κ2) is 4.01. The van der Waals surface area contributed by atoms with E-state index in [4.69, 9.17) is 9.47 Å². The molecule has 0 aromatic carbocycles. The smallest absolute Gasteiger partial charge is 0.342 e. The molecule has 0 unspecified atom stereocenters. The summed E-state index contributed by atoms with van der Waals surface area (Å²) >= 11 is 0. The van der Waals surface area contributed by atoms with Gasteiger partial charge in [0.05, 0.1) is 24.4 Å². The maximum atomic E-state index is 12.0. The van der Waals surface area contributed by atoms with E-state index in [1.165, 1.54) is 0 Å². The lowest BCUT2D eigenvalue weighted by atomic mass is 10.1. The molecule has 0 radical (unpaired) electrons. The zero-order valence-corrected chi connectivity index (χ0v) is 10.4. The Morgan fingerprint density at radius 2 is 2.44 bits per heavy atom. The van der Waals surface area contributed by atoms with Crippen molar-refractivity contribution < 1.29 is 14.3 Å². The number of aromatic nitrogens is 2. The van der Waals surface area contributed by atoms with Crippen molar-refractivity contribution in [3.05, 3.63) is 29.1 Å².